The van der Waals surface area contributed by atoms with E-state index in [9.17, 15) is 9.90 Å². The lowest BCUT2D eigenvalue weighted by Crippen LogP contribution is -2.50. The Labute approximate surface area is 159 Å². The molecule has 2 aliphatic heterocycles. The fourth-order valence-corrected chi connectivity index (χ4v) is 4.36. The van der Waals surface area contributed by atoms with Crippen molar-refractivity contribution >= 4 is 11.7 Å². The molecule has 6 nitrogen and oxygen atoms in total. The van der Waals surface area contributed by atoms with Crippen LogP contribution in [-0.4, -0.2) is 58.7 Å². The van der Waals surface area contributed by atoms with Gasteiger partial charge in [-0.3, -0.25) is 4.79 Å². The second kappa shape index (κ2) is 7.27. The average molecular weight is 366 g/mol. The van der Waals surface area contributed by atoms with Crippen molar-refractivity contribution in [3.05, 3.63) is 42.1 Å². The normalized spacial score (nSPS) is 22.7. The van der Waals surface area contributed by atoms with Crippen molar-refractivity contribution in [1.29, 1.82) is 0 Å². The molecule has 1 aromatic heterocycles. The van der Waals surface area contributed by atoms with Crippen LogP contribution in [0.5, 0.6) is 0 Å². The van der Waals surface area contributed by atoms with Gasteiger partial charge in [0, 0.05) is 43.5 Å². The molecule has 4 rings (SSSR count). The van der Waals surface area contributed by atoms with Crippen molar-refractivity contribution in [2.24, 2.45) is 5.41 Å². The van der Waals surface area contributed by atoms with Gasteiger partial charge in [-0.25, -0.2) is 9.97 Å². The Morgan fingerprint density at radius 2 is 1.96 bits per heavy atom. The molecule has 2 aliphatic rings. The highest BCUT2D eigenvalue weighted by atomic mass is 16.3. The van der Waals surface area contributed by atoms with Crippen molar-refractivity contribution < 1.29 is 9.90 Å². The number of aliphatic hydroxyl groups is 1. The number of carbonyl (C=O) groups excluding carboxylic acids is 1. The molecule has 0 unspecified atom stereocenters. The van der Waals surface area contributed by atoms with E-state index in [0.29, 0.717) is 13.1 Å². The van der Waals surface area contributed by atoms with Crippen LogP contribution in [0.1, 0.15) is 25.0 Å². The lowest BCUT2D eigenvalue weighted by molar-refractivity contribution is -0.145. The number of hydrogen-bond donors (Lipinski definition) is 1. The molecule has 6 heteroatoms. The van der Waals surface area contributed by atoms with Crippen LogP contribution in [0.2, 0.25) is 0 Å². The highest BCUT2D eigenvalue weighted by Crippen LogP contribution is 2.41. The number of benzene rings is 1. The number of hydrogen-bond acceptors (Lipinski definition) is 5. The summed E-state index contributed by atoms with van der Waals surface area (Å²) in [7, 11) is 0. The molecule has 2 fully saturated rings. The number of rotatable bonds is 4. The zero-order valence-corrected chi connectivity index (χ0v) is 15.8. The second-order valence-corrected chi connectivity index (χ2v) is 7.63. The molecule has 1 aromatic carbocycles. The molecule has 2 aromatic rings. The molecule has 2 saturated heterocycles. The minimum absolute atomic E-state index is 0.0249. The van der Waals surface area contributed by atoms with Crippen molar-refractivity contribution in [2.75, 3.05) is 37.7 Å². The van der Waals surface area contributed by atoms with Gasteiger partial charge in [0.25, 0.3) is 0 Å². The summed E-state index contributed by atoms with van der Waals surface area (Å²) in [5.74, 6) is 1.81. The van der Waals surface area contributed by atoms with Crippen molar-refractivity contribution in [3.8, 4) is 11.4 Å². The predicted molar refractivity (Wildman–Crippen MR) is 104 cm³/mol. The smallest absolute Gasteiger partial charge is 0.230 e. The summed E-state index contributed by atoms with van der Waals surface area (Å²) in [5.41, 5.74) is 1.59. The lowest BCUT2D eigenvalue weighted by atomic mass is 9.78. The third-order valence-electron chi connectivity index (χ3n) is 5.74. The number of aliphatic hydroxyl groups excluding tert-OH is 1. The third kappa shape index (κ3) is 3.41. The van der Waals surface area contributed by atoms with E-state index in [4.69, 9.17) is 4.98 Å². The highest BCUT2D eigenvalue weighted by molar-refractivity contribution is 5.85. The molecule has 0 saturated carbocycles. The maximum absolute atomic E-state index is 13.0. The minimum Gasteiger partial charge on any atom is -0.395 e. The predicted octanol–water partition coefficient (Wildman–Crippen LogP) is 2.26. The summed E-state index contributed by atoms with van der Waals surface area (Å²) in [6, 6.07) is 12.0. The third-order valence-corrected chi connectivity index (χ3v) is 5.74. The van der Waals surface area contributed by atoms with Gasteiger partial charge in [-0.1, -0.05) is 30.3 Å². The molecular weight excluding hydrogens is 340 g/mol. The SMILES string of the molecule is Cc1cc(N2CC[C@@]3(CCCN(CCO)C3=O)C2)nc(-c2ccccc2)n1. The zero-order chi connectivity index (χ0) is 18.9. The number of piperidine rings is 1. The Hall–Kier alpha value is -2.47. The summed E-state index contributed by atoms with van der Waals surface area (Å²) >= 11 is 0. The Morgan fingerprint density at radius 3 is 2.74 bits per heavy atom. The Balaban J connectivity index is 1.59. The molecule has 1 spiro atoms. The first-order chi connectivity index (χ1) is 13.1. The monoisotopic (exact) mass is 366 g/mol. The first-order valence-electron chi connectivity index (χ1n) is 9.68. The van der Waals surface area contributed by atoms with Crippen molar-refractivity contribution in [1.82, 2.24) is 14.9 Å². The van der Waals surface area contributed by atoms with Crippen LogP contribution in [0.4, 0.5) is 5.82 Å². The van der Waals surface area contributed by atoms with E-state index < -0.39 is 0 Å². The van der Waals surface area contributed by atoms with Gasteiger partial charge in [0.05, 0.1) is 12.0 Å². The van der Waals surface area contributed by atoms with Crippen LogP contribution >= 0.6 is 0 Å². The molecular formula is C21H26N4O2. The molecule has 0 aliphatic carbocycles. The molecule has 1 N–H and O–H groups in total. The molecule has 0 radical (unpaired) electrons. The van der Waals surface area contributed by atoms with E-state index >= 15 is 0 Å². The number of likely N-dealkylation sites (tertiary alicyclic amines) is 1. The second-order valence-electron chi connectivity index (χ2n) is 7.63. The Kier molecular flexibility index (Phi) is 4.83. The molecule has 1 atom stereocenters. The van der Waals surface area contributed by atoms with Gasteiger partial charge in [0.15, 0.2) is 5.82 Å². The van der Waals surface area contributed by atoms with E-state index in [1.807, 2.05) is 48.2 Å². The molecule has 0 bridgehead atoms. The van der Waals surface area contributed by atoms with E-state index in [2.05, 4.69) is 9.88 Å². The average Bonchev–Trinajstić information content (AvgIpc) is 3.11. The van der Waals surface area contributed by atoms with Crippen LogP contribution in [0.25, 0.3) is 11.4 Å². The molecule has 1 amide bonds. The summed E-state index contributed by atoms with van der Waals surface area (Å²) in [6.07, 6.45) is 2.76. The van der Waals surface area contributed by atoms with Gasteiger partial charge >= 0.3 is 0 Å². The van der Waals surface area contributed by atoms with Crippen LogP contribution in [0.15, 0.2) is 36.4 Å². The summed E-state index contributed by atoms with van der Waals surface area (Å²) in [4.78, 5) is 26.5. The topological polar surface area (TPSA) is 69.6 Å². The highest BCUT2D eigenvalue weighted by Gasteiger charge is 2.48. The lowest BCUT2D eigenvalue weighted by Gasteiger charge is -2.39. The van der Waals surface area contributed by atoms with Gasteiger partial charge in [0.2, 0.25) is 5.91 Å². The molecule has 3 heterocycles. The molecule has 142 valence electrons. The summed E-state index contributed by atoms with van der Waals surface area (Å²) < 4.78 is 0. The van der Waals surface area contributed by atoms with Gasteiger partial charge in [-0.15, -0.1) is 0 Å². The number of nitrogens with zero attached hydrogens (tertiary/aromatic N) is 4. The number of aromatic nitrogens is 2. The van der Waals surface area contributed by atoms with Crippen molar-refractivity contribution in [2.45, 2.75) is 26.2 Å². The van der Waals surface area contributed by atoms with E-state index in [-0.39, 0.29) is 17.9 Å². The maximum Gasteiger partial charge on any atom is 0.230 e. The fourth-order valence-electron chi connectivity index (χ4n) is 4.36. The minimum atomic E-state index is -0.334. The number of carbonyl (C=O) groups is 1. The number of amides is 1. The van der Waals surface area contributed by atoms with Crippen LogP contribution in [-0.2, 0) is 4.79 Å². The first-order valence-corrected chi connectivity index (χ1v) is 9.68. The summed E-state index contributed by atoms with van der Waals surface area (Å²) in [6.45, 7) is 4.72. The standard InChI is InChI=1S/C21H26N4O2/c1-16-14-18(23-19(22-16)17-6-3-2-4-7-17)25-11-9-21(15-25)8-5-10-24(12-13-26)20(21)27/h2-4,6-7,14,26H,5,8-13,15H2,1H3/t21-/m0/s1. The number of anilines is 1. The first kappa shape index (κ1) is 17.9. The van der Waals surface area contributed by atoms with Crippen LogP contribution < -0.4 is 4.90 Å². The van der Waals surface area contributed by atoms with E-state index in [1.54, 1.807) is 0 Å². The number of aryl methyl sites for hydroxylation is 1. The fraction of sp³-hybridized carbons (Fsp3) is 0.476. The maximum atomic E-state index is 13.0. The number of β-amino-alcohol motifs (C(OH)–C–C–N with tert-alkyl or cyclic N) is 1. The van der Waals surface area contributed by atoms with Crippen molar-refractivity contribution in [3.63, 3.8) is 0 Å². The Bertz CT molecular complexity index is 824. The van der Waals surface area contributed by atoms with Crippen LogP contribution in [0, 0.1) is 12.3 Å². The largest absolute Gasteiger partial charge is 0.395 e. The van der Waals surface area contributed by atoms with Gasteiger partial charge in [0.1, 0.15) is 5.82 Å². The van der Waals surface area contributed by atoms with E-state index in [0.717, 1.165) is 55.3 Å². The Morgan fingerprint density at radius 1 is 1.15 bits per heavy atom. The van der Waals surface area contributed by atoms with Gasteiger partial charge < -0.3 is 14.9 Å². The quantitative estimate of drug-likeness (QED) is 0.899. The van der Waals surface area contributed by atoms with E-state index in [1.165, 1.54) is 0 Å². The van der Waals surface area contributed by atoms with Gasteiger partial charge in [-0.2, -0.15) is 0 Å². The summed E-state index contributed by atoms with van der Waals surface area (Å²) in [5, 5.41) is 9.25. The zero-order valence-electron chi connectivity index (χ0n) is 15.8. The van der Waals surface area contributed by atoms with Gasteiger partial charge in [-0.05, 0) is 26.2 Å². The molecule has 27 heavy (non-hydrogen) atoms. The van der Waals surface area contributed by atoms with Crippen LogP contribution in [0.3, 0.4) is 0 Å².